The molecule has 0 bridgehead atoms. The Labute approximate surface area is 259 Å². The molecule has 0 radical (unpaired) electrons. The van der Waals surface area contributed by atoms with E-state index in [1.54, 1.807) is 0 Å². The Morgan fingerprint density at radius 2 is 0.953 bits per heavy atom. The Morgan fingerprint density at radius 1 is 0.628 bits per heavy atom. The second-order valence-corrected chi connectivity index (χ2v) is 17.9. The summed E-state index contributed by atoms with van der Waals surface area (Å²) in [6.45, 7) is 25.5. The molecule has 3 rings (SSSR count). The van der Waals surface area contributed by atoms with E-state index in [0.29, 0.717) is 18.9 Å². The molecule has 3 heterocycles. The third-order valence-corrected chi connectivity index (χ3v) is 10.6. The summed E-state index contributed by atoms with van der Waals surface area (Å²) in [5.41, 5.74) is -0.990. The van der Waals surface area contributed by atoms with Crippen LogP contribution >= 0.6 is 0 Å². The normalized spacial score (nSPS) is 27.9. The molecule has 3 N–H and O–H groups in total. The number of aliphatic carboxylic acids is 3. The van der Waals surface area contributed by atoms with Crippen LogP contribution in [0.1, 0.15) is 122 Å². The first-order chi connectivity index (χ1) is 19.1. The zero-order valence-electron chi connectivity index (χ0n) is 29.0. The Morgan fingerprint density at radius 3 is 1.28 bits per heavy atom. The van der Waals surface area contributed by atoms with Crippen LogP contribution in [0.25, 0.3) is 0 Å². The lowest BCUT2D eigenvalue weighted by molar-refractivity contribution is -0.935. The third kappa shape index (κ3) is 7.74. The lowest BCUT2D eigenvalue weighted by atomic mass is 9.67. The van der Waals surface area contributed by atoms with E-state index in [1.165, 1.54) is 0 Å². The SMILES string of the molecule is CC1(C)CC(N2C(C)(C)CC(N3C(C)(C)CC([N+](CC(=O)[O-])(CC(=O)O)CC(=O)O)CC3(C)C)CC2(C)C)CC(C)(C)N1. The first-order valence-corrected chi connectivity index (χ1v) is 16.0. The molecule has 0 atom stereocenters. The standard InChI is InChI=1S/C33H60N4O6/c1-28(2)13-22(14-29(3,4)34-28)35-30(5,6)15-23(16-31(35,7)8)36-32(9,10)17-24(18-33(36,11)12)37(19-25(38)39,20-26(40)41)21-27(42)43/h22-24,34H,13-21H2,1-12H3,(H2-,38,39,40,41,42,43). The fourth-order valence-corrected chi connectivity index (χ4v) is 10.8. The molecule has 0 aliphatic carbocycles. The molecular weight excluding hydrogens is 548 g/mol. The minimum Gasteiger partial charge on any atom is -0.544 e. The minimum atomic E-state index is -1.43. The zero-order chi connectivity index (χ0) is 33.2. The van der Waals surface area contributed by atoms with E-state index in [2.05, 4.69) is 98.2 Å². The van der Waals surface area contributed by atoms with Gasteiger partial charge in [-0.15, -0.1) is 0 Å². The molecule has 10 nitrogen and oxygen atoms in total. The van der Waals surface area contributed by atoms with Crippen molar-refractivity contribution in [3.63, 3.8) is 0 Å². The molecule has 3 aliphatic rings. The van der Waals surface area contributed by atoms with Crippen LogP contribution in [-0.4, -0.2) is 113 Å². The van der Waals surface area contributed by atoms with Crippen LogP contribution in [0.3, 0.4) is 0 Å². The highest BCUT2D eigenvalue weighted by atomic mass is 16.4. The van der Waals surface area contributed by atoms with Crippen molar-refractivity contribution >= 4 is 17.9 Å². The van der Waals surface area contributed by atoms with E-state index in [9.17, 15) is 29.7 Å². The summed E-state index contributed by atoms with van der Waals surface area (Å²) < 4.78 is -0.551. The lowest BCUT2D eigenvalue weighted by Gasteiger charge is -2.67. The van der Waals surface area contributed by atoms with Crippen molar-refractivity contribution in [1.82, 2.24) is 15.1 Å². The van der Waals surface area contributed by atoms with Gasteiger partial charge >= 0.3 is 11.9 Å². The Kier molecular flexibility index (Phi) is 9.34. The molecule has 43 heavy (non-hydrogen) atoms. The van der Waals surface area contributed by atoms with E-state index in [1.807, 2.05) is 0 Å². The van der Waals surface area contributed by atoms with Crippen molar-refractivity contribution in [2.24, 2.45) is 0 Å². The number of carboxylic acids is 3. The van der Waals surface area contributed by atoms with Crippen LogP contribution in [0.15, 0.2) is 0 Å². The van der Waals surface area contributed by atoms with Gasteiger partial charge in [0.1, 0.15) is 6.54 Å². The maximum atomic E-state index is 12.0. The maximum absolute atomic E-state index is 12.0. The topological polar surface area (TPSA) is 133 Å². The number of carbonyl (C=O) groups is 3. The highest BCUT2D eigenvalue weighted by molar-refractivity contribution is 5.72. The van der Waals surface area contributed by atoms with Gasteiger partial charge in [-0.1, -0.05) is 0 Å². The fraction of sp³-hybridized carbons (Fsp3) is 0.909. The number of rotatable bonds is 9. The number of likely N-dealkylation sites (tertiary alicyclic amines) is 2. The van der Waals surface area contributed by atoms with Crippen LogP contribution in [0.2, 0.25) is 0 Å². The summed E-state index contributed by atoms with van der Waals surface area (Å²) in [6.07, 6.45) is 5.04. The number of hydrogen-bond acceptors (Lipinski definition) is 7. The van der Waals surface area contributed by atoms with E-state index in [4.69, 9.17) is 0 Å². The molecule has 0 aromatic rings. The van der Waals surface area contributed by atoms with Crippen LogP contribution in [0.4, 0.5) is 0 Å². The first-order valence-electron chi connectivity index (χ1n) is 16.0. The summed E-state index contributed by atoms with van der Waals surface area (Å²) in [5.74, 6) is -3.85. The number of carboxylic acid groups (broad SMARTS) is 3. The average molecular weight is 609 g/mol. The fourth-order valence-electron chi connectivity index (χ4n) is 10.8. The molecule has 0 spiro atoms. The van der Waals surface area contributed by atoms with E-state index in [0.717, 1.165) is 25.7 Å². The zero-order valence-corrected chi connectivity index (χ0v) is 29.0. The summed E-state index contributed by atoms with van der Waals surface area (Å²) in [6, 6.07) is 0.196. The lowest BCUT2D eigenvalue weighted by Crippen LogP contribution is -2.76. The molecule has 3 aliphatic heterocycles. The monoisotopic (exact) mass is 608 g/mol. The van der Waals surface area contributed by atoms with Crippen molar-refractivity contribution in [3.05, 3.63) is 0 Å². The minimum absolute atomic E-state index is 0.0312. The van der Waals surface area contributed by atoms with Crippen molar-refractivity contribution in [2.75, 3.05) is 19.6 Å². The van der Waals surface area contributed by atoms with Crippen LogP contribution in [0.5, 0.6) is 0 Å². The summed E-state index contributed by atoms with van der Waals surface area (Å²) in [4.78, 5) is 41.3. The number of hydrogen-bond donors (Lipinski definition) is 3. The molecule has 3 saturated heterocycles. The van der Waals surface area contributed by atoms with Crippen molar-refractivity contribution < 1.29 is 34.2 Å². The summed E-state index contributed by atoms with van der Waals surface area (Å²) >= 11 is 0. The molecule has 248 valence electrons. The van der Waals surface area contributed by atoms with Gasteiger partial charge in [0.2, 0.25) is 0 Å². The van der Waals surface area contributed by atoms with Gasteiger partial charge < -0.3 is 25.4 Å². The summed E-state index contributed by atoms with van der Waals surface area (Å²) in [7, 11) is 0. The number of piperidine rings is 3. The van der Waals surface area contributed by atoms with Crippen LogP contribution in [-0.2, 0) is 14.4 Å². The third-order valence-electron chi connectivity index (χ3n) is 10.6. The molecule has 0 aromatic carbocycles. The van der Waals surface area contributed by atoms with Gasteiger partial charge in [0, 0.05) is 58.2 Å². The number of quaternary nitrogens is 1. The van der Waals surface area contributed by atoms with Gasteiger partial charge in [-0.2, -0.15) is 0 Å². The smallest absolute Gasteiger partial charge is 0.359 e. The predicted octanol–water partition coefficient (Wildman–Crippen LogP) is 3.07. The van der Waals surface area contributed by atoms with Crippen LogP contribution in [0, 0.1) is 0 Å². The number of carbonyl (C=O) groups excluding carboxylic acids is 1. The average Bonchev–Trinajstić information content (AvgIpc) is 2.65. The highest BCUT2D eigenvalue weighted by Crippen LogP contribution is 2.51. The van der Waals surface area contributed by atoms with Crippen molar-refractivity contribution in [2.45, 2.75) is 173 Å². The van der Waals surface area contributed by atoms with Gasteiger partial charge in [0.15, 0.2) is 13.1 Å². The van der Waals surface area contributed by atoms with Gasteiger partial charge in [-0.05, 0) is 109 Å². The molecule has 0 unspecified atom stereocenters. The Bertz CT molecular complexity index is 1000. The molecule has 3 fully saturated rings. The highest BCUT2D eigenvalue weighted by Gasteiger charge is 2.59. The van der Waals surface area contributed by atoms with Crippen LogP contribution < -0.4 is 10.4 Å². The maximum Gasteiger partial charge on any atom is 0.359 e. The molecule has 10 heteroatoms. The van der Waals surface area contributed by atoms with Crippen molar-refractivity contribution in [1.29, 1.82) is 0 Å². The van der Waals surface area contributed by atoms with Crippen molar-refractivity contribution in [3.8, 4) is 0 Å². The Hall–Kier alpha value is -1.75. The molecule has 0 saturated carbocycles. The predicted molar refractivity (Wildman–Crippen MR) is 165 cm³/mol. The number of nitrogens with zero attached hydrogens (tertiary/aromatic N) is 3. The number of nitrogens with one attached hydrogen (secondary N) is 1. The largest absolute Gasteiger partial charge is 0.544 e. The van der Waals surface area contributed by atoms with Gasteiger partial charge in [0.05, 0.1) is 12.0 Å². The summed E-state index contributed by atoms with van der Waals surface area (Å²) in [5, 5.41) is 35.3. The molecule has 0 amide bonds. The Balaban J connectivity index is 1.99. The van der Waals surface area contributed by atoms with Gasteiger partial charge in [-0.3, -0.25) is 14.3 Å². The second-order valence-electron chi connectivity index (χ2n) is 17.9. The quantitative estimate of drug-likeness (QED) is 0.338. The molecular formula is C33H60N4O6. The van der Waals surface area contributed by atoms with E-state index in [-0.39, 0.29) is 28.2 Å². The first kappa shape index (κ1) is 35.7. The van der Waals surface area contributed by atoms with Gasteiger partial charge in [-0.25, -0.2) is 9.59 Å². The van der Waals surface area contributed by atoms with Gasteiger partial charge in [0.25, 0.3) is 0 Å². The van der Waals surface area contributed by atoms with E-state index >= 15 is 0 Å². The molecule has 0 aromatic heterocycles. The van der Waals surface area contributed by atoms with E-state index < -0.39 is 59.1 Å². The second kappa shape index (κ2) is 11.2.